The normalized spacial score (nSPS) is 15.9. The number of aliphatic hydroxyl groups is 1. The number of furan rings is 1. The van der Waals surface area contributed by atoms with Crippen LogP contribution in [0.15, 0.2) is 40.8 Å². The summed E-state index contributed by atoms with van der Waals surface area (Å²) in [5.74, 6) is 0.457. The smallest absolute Gasteiger partial charge is 0.373 e. The van der Waals surface area contributed by atoms with E-state index in [-0.39, 0.29) is 5.76 Å². The Morgan fingerprint density at radius 3 is 2.75 bits per heavy atom. The van der Waals surface area contributed by atoms with Gasteiger partial charge in [-0.2, -0.15) is 0 Å². The van der Waals surface area contributed by atoms with Gasteiger partial charge in [-0.25, -0.2) is 4.79 Å². The average Bonchev–Trinajstić information content (AvgIpc) is 3.22. The molecule has 20 heavy (non-hydrogen) atoms. The van der Waals surface area contributed by atoms with Gasteiger partial charge in [0.25, 0.3) is 0 Å². The van der Waals surface area contributed by atoms with Gasteiger partial charge in [0, 0.05) is 0 Å². The third kappa shape index (κ3) is 2.34. The highest BCUT2D eigenvalue weighted by molar-refractivity contribution is 5.86. The molecule has 2 aromatic rings. The zero-order valence-corrected chi connectivity index (χ0v) is 11.2. The van der Waals surface area contributed by atoms with Crippen LogP contribution in [0.3, 0.4) is 0 Å². The van der Waals surface area contributed by atoms with Crippen molar-refractivity contribution in [3.63, 3.8) is 0 Å². The van der Waals surface area contributed by atoms with Crippen LogP contribution in [-0.4, -0.2) is 18.2 Å². The zero-order valence-electron chi connectivity index (χ0n) is 11.2. The van der Waals surface area contributed by atoms with Crippen LogP contribution in [0, 0.1) is 0 Å². The predicted octanol–water partition coefficient (Wildman–Crippen LogP) is 3.03. The number of carbonyl (C=O) groups excluding carboxylic acids is 1. The molecule has 4 nitrogen and oxygen atoms in total. The van der Waals surface area contributed by atoms with Gasteiger partial charge < -0.3 is 14.3 Å². The molecule has 1 saturated carbocycles. The number of methoxy groups -OCH3 is 1. The van der Waals surface area contributed by atoms with Crippen molar-refractivity contribution in [3.05, 3.63) is 59.0 Å². The molecule has 1 aliphatic carbocycles. The van der Waals surface area contributed by atoms with E-state index in [0.717, 1.165) is 24.0 Å². The first-order valence-corrected chi connectivity index (χ1v) is 6.65. The molecule has 1 N–H and O–H groups in total. The van der Waals surface area contributed by atoms with Crippen LogP contribution in [0.5, 0.6) is 0 Å². The van der Waals surface area contributed by atoms with Gasteiger partial charge in [0.05, 0.1) is 7.11 Å². The first-order valence-electron chi connectivity index (χ1n) is 6.65. The summed E-state index contributed by atoms with van der Waals surface area (Å²) in [5.41, 5.74) is 2.01. The van der Waals surface area contributed by atoms with Gasteiger partial charge in [-0.3, -0.25) is 0 Å². The van der Waals surface area contributed by atoms with E-state index in [1.165, 1.54) is 13.2 Å². The molecule has 0 spiro atoms. The molecule has 1 unspecified atom stereocenters. The molecule has 0 aliphatic heterocycles. The Hall–Kier alpha value is -2.07. The Bertz CT molecular complexity index is 625. The summed E-state index contributed by atoms with van der Waals surface area (Å²) in [5, 5.41) is 10.5. The number of hydrogen-bond acceptors (Lipinski definition) is 4. The molecule has 1 atom stereocenters. The molecular formula is C16H16O4. The van der Waals surface area contributed by atoms with E-state index in [9.17, 15) is 9.90 Å². The lowest BCUT2D eigenvalue weighted by Crippen LogP contribution is -2.03. The molecule has 1 aromatic carbocycles. The van der Waals surface area contributed by atoms with Gasteiger partial charge in [-0.15, -0.1) is 0 Å². The van der Waals surface area contributed by atoms with Crippen LogP contribution in [-0.2, 0) is 4.74 Å². The van der Waals surface area contributed by atoms with Crippen molar-refractivity contribution in [2.75, 3.05) is 7.11 Å². The largest absolute Gasteiger partial charge is 0.463 e. The minimum Gasteiger partial charge on any atom is -0.463 e. The van der Waals surface area contributed by atoms with Crippen LogP contribution in [0.25, 0.3) is 0 Å². The van der Waals surface area contributed by atoms with Crippen LogP contribution in [0.1, 0.15) is 52.3 Å². The Labute approximate surface area is 117 Å². The van der Waals surface area contributed by atoms with Crippen molar-refractivity contribution in [1.82, 2.24) is 0 Å². The average molecular weight is 272 g/mol. The second kappa shape index (κ2) is 5.13. The number of aliphatic hydroxyl groups excluding tert-OH is 1. The lowest BCUT2D eigenvalue weighted by atomic mass is 9.97. The van der Waals surface area contributed by atoms with E-state index in [0.29, 0.717) is 11.7 Å². The molecule has 1 aromatic heterocycles. The number of carbonyl (C=O) groups is 1. The molecule has 0 radical (unpaired) electrons. The molecule has 4 heteroatoms. The predicted molar refractivity (Wildman–Crippen MR) is 72.5 cm³/mol. The topological polar surface area (TPSA) is 59.7 Å². The maximum atomic E-state index is 11.4. The van der Waals surface area contributed by atoms with Gasteiger partial charge in [-0.1, -0.05) is 24.3 Å². The summed E-state index contributed by atoms with van der Waals surface area (Å²) in [4.78, 5) is 11.4. The molecular weight excluding hydrogens is 256 g/mol. The van der Waals surface area contributed by atoms with Crippen molar-refractivity contribution < 1.29 is 19.1 Å². The Morgan fingerprint density at radius 2 is 2.05 bits per heavy atom. The number of esters is 1. The van der Waals surface area contributed by atoms with Gasteiger partial charge in [0.2, 0.25) is 5.76 Å². The van der Waals surface area contributed by atoms with E-state index in [4.69, 9.17) is 4.42 Å². The highest BCUT2D eigenvalue weighted by Gasteiger charge is 2.29. The second-order valence-electron chi connectivity index (χ2n) is 5.00. The van der Waals surface area contributed by atoms with E-state index >= 15 is 0 Å². The third-order valence-electron chi connectivity index (χ3n) is 3.59. The van der Waals surface area contributed by atoms with Gasteiger partial charge in [-0.05, 0) is 42.0 Å². The maximum Gasteiger partial charge on any atom is 0.373 e. The Kier molecular flexibility index (Phi) is 3.32. The lowest BCUT2D eigenvalue weighted by molar-refractivity contribution is 0.0558. The second-order valence-corrected chi connectivity index (χ2v) is 5.00. The minimum atomic E-state index is -0.856. The molecule has 104 valence electrons. The first kappa shape index (κ1) is 12.9. The molecule has 1 aliphatic rings. The molecule has 3 rings (SSSR count). The van der Waals surface area contributed by atoms with E-state index in [2.05, 4.69) is 4.74 Å². The van der Waals surface area contributed by atoms with Crippen molar-refractivity contribution in [2.45, 2.75) is 24.9 Å². The van der Waals surface area contributed by atoms with Crippen molar-refractivity contribution in [2.24, 2.45) is 0 Å². The molecule has 0 bridgehead atoms. The molecule has 1 fully saturated rings. The summed E-state index contributed by atoms with van der Waals surface area (Å²) in [6, 6.07) is 10.9. The highest BCUT2D eigenvalue weighted by Crippen LogP contribution is 2.43. The fourth-order valence-corrected chi connectivity index (χ4v) is 2.39. The highest BCUT2D eigenvalue weighted by atomic mass is 16.5. The maximum absolute atomic E-state index is 11.4. The fourth-order valence-electron chi connectivity index (χ4n) is 2.39. The summed E-state index contributed by atoms with van der Waals surface area (Å²) < 4.78 is 9.98. The summed E-state index contributed by atoms with van der Waals surface area (Å²) >= 11 is 0. The number of benzene rings is 1. The number of rotatable bonds is 4. The zero-order chi connectivity index (χ0) is 14.1. The SMILES string of the molecule is COC(=O)c1ccc(C(O)c2ccccc2C2CC2)o1. The van der Waals surface area contributed by atoms with E-state index in [1.807, 2.05) is 24.3 Å². The quantitative estimate of drug-likeness (QED) is 0.869. The third-order valence-corrected chi connectivity index (χ3v) is 3.59. The van der Waals surface area contributed by atoms with Gasteiger partial charge >= 0.3 is 5.97 Å². The molecule has 0 amide bonds. The summed E-state index contributed by atoms with van der Waals surface area (Å²) in [6.45, 7) is 0. The number of ether oxygens (including phenoxy) is 1. The standard InChI is InChI=1S/C16H16O4/c1-19-16(18)14-9-8-13(20-14)15(17)12-5-3-2-4-11(12)10-6-7-10/h2-5,8-10,15,17H,6-7H2,1H3. The fraction of sp³-hybridized carbons (Fsp3) is 0.312. The monoisotopic (exact) mass is 272 g/mol. The van der Waals surface area contributed by atoms with Crippen LogP contribution >= 0.6 is 0 Å². The van der Waals surface area contributed by atoms with Crippen molar-refractivity contribution in [3.8, 4) is 0 Å². The van der Waals surface area contributed by atoms with Crippen LogP contribution in [0.4, 0.5) is 0 Å². The van der Waals surface area contributed by atoms with Crippen LogP contribution in [0.2, 0.25) is 0 Å². The Balaban J connectivity index is 1.90. The van der Waals surface area contributed by atoms with Crippen molar-refractivity contribution >= 4 is 5.97 Å². The van der Waals surface area contributed by atoms with E-state index < -0.39 is 12.1 Å². The van der Waals surface area contributed by atoms with Gasteiger partial charge in [0.1, 0.15) is 11.9 Å². The summed E-state index contributed by atoms with van der Waals surface area (Å²) in [6.07, 6.45) is 1.47. The number of hydrogen-bond donors (Lipinski definition) is 1. The molecule has 1 heterocycles. The summed E-state index contributed by atoms with van der Waals surface area (Å²) in [7, 11) is 1.29. The van der Waals surface area contributed by atoms with Gasteiger partial charge in [0.15, 0.2) is 0 Å². The molecule has 0 saturated heterocycles. The van der Waals surface area contributed by atoms with E-state index in [1.54, 1.807) is 6.07 Å². The minimum absolute atomic E-state index is 0.102. The lowest BCUT2D eigenvalue weighted by Gasteiger charge is -2.13. The van der Waals surface area contributed by atoms with Crippen LogP contribution < -0.4 is 0 Å². The first-order chi connectivity index (χ1) is 9.70. The van der Waals surface area contributed by atoms with Crippen molar-refractivity contribution in [1.29, 1.82) is 0 Å². The Morgan fingerprint density at radius 1 is 1.30 bits per heavy atom.